The monoisotopic (exact) mass is 344 g/mol. The van der Waals surface area contributed by atoms with Gasteiger partial charge in [-0.2, -0.15) is 0 Å². The molecule has 0 fully saturated rings. The van der Waals surface area contributed by atoms with Gasteiger partial charge in [0.25, 0.3) is 11.2 Å². The highest BCUT2D eigenvalue weighted by Gasteiger charge is 2.55. The van der Waals surface area contributed by atoms with Crippen molar-refractivity contribution in [3.63, 3.8) is 0 Å². The van der Waals surface area contributed by atoms with E-state index in [1.165, 1.54) is 0 Å². The van der Waals surface area contributed by atoms with Crippen LogP contribution in [0.25, 0.3) is 0 Å². The Morgan fingerprint density at radius 3 is 1.17 bits per heavy atom. The second kappa shape index (κ2) is 7.82. The van der Waals surface area contributed by atoms with Crippen molar-refractivity contribution in [1.82, 2.24) is 0 Å². The largest absolute Gasteiger partial charge is 0.464 e. The highest BCUT2D eigenvalue weighted by atomic mass is 28.3. The van der Waals surface area contributed by atoms with Crippen molar-refractivity contribution >= 4 is 19.3 Å². The third-order valence-corrected chi connectivity index (χ3v) is 7.89. The summed E-state index contributed by atoms with van der Waals surface area (Å²) in [7, 11) is -3.07. The van der Waals surface area contributed by atoms with Gasteiger partial charge in [-0.15, -0.1) is 0 Å². The topological polar surface area (TPSA) is 52.6 Å². The fourth-order valence-corrected chi connectivity index (χ4v) is 7.44. The molecule has 0 N–H and O–H groups in total. The number of rotatable bonds is 6. The first-order valence-electron chi connectivity index (χ1n) is 8.56. The lowest BCUT2D eigenvalue weighted by atomic mass is 10.2. The van der Waals surface area contributed by atoms with Crippen molar-refractivity contribution in [2.45, 2.75) is 92.5 Å². The molecule has 0 radical (unpaired) electrons. The number of ether oxygens (including phenoxy) is 2. The van der Waals surface area contributed by atoms with E-state index in [9.17, 15) is 9.59 Å². The zero-order chi connectivity index (χ0) is 18.6. The van der Waals surface area contributed by atoms with Gasteiger partial charge in [0, 0.05) is 0 Å². The van der Waals surface area contributed by atoms with E-state index in [1.54, 1.807) is 0 Å². The van der Waals surface area contributed by atoms with Crippen LogP contribution in [0.4, 0.5) is 9.59 Å². The lowest BCUT2D eigenvalue weighted by molar-refractivity contribution is 0.0621. The second-order valence-electron chi connectivity index (χ2n) is 9.28. The summed E-state index contributed by atoms with van der Waals surface area (Å²) in [5.41, 5.74) is -1.88. The van der Waals surface area contributed by atoms with Crippen molar-refractivity contribution in [3.05, 3.63) is 0 Å². The zero-order valence-corrected chi connectivity index (χ0v) is 17.7. The SMILES string of the molecule is CC(C)C[Si](CC(C)C)(C(=O)OC(C)(C)C)C(=O)OC(C)(C)C. The molecule has 0 saturated carbocycles. The van der Waals surface area contributed by atoms with E-state index in [4.69, 9.17) is 9.47 Å². The molecule has 0 rings (SSSR count). The van der Waals surface area contributed by atoms with Crippen LogP contribution in [0, 0.1) is 11.8 Å². The molecule has 0 heterocycles. The smallest absolute Gasteiger partial charge is 0.312 e. The average Bonchev–Trinajstić information content (AvgIpc) is 2.21. The molecule has 0 unspecified atom stereocenters. The molecule has 5 heteroatoms. The van der Waals surface area contributed by atoms with Gasteiger partial charge in [-0.25, -0.2) is 0 Å². The zero-order valence-electron chi connectivity index (χ0n) is 16.7. The fraction of sp³-hybridized carbons (Fsp3) is 0.889. The minimum absolute atomic E-state index is 0.237. The van der Waals surface area contributed by atoms with Gasteiger partial charge >= 0.3 is 8.07 Å². The van der Waals surface area contributed by atoms with Gasteiger partial charge in [-0.1, -0.05) is 27.7 Å². The molecule has 0 aliphatic rings. The summed E-state index contributed by atoms with van der Waals surface area (Å²) in [5, 5.41) is 0. The highest BCUT2D eigenvalue weighted by molar-refractivity contribution is 7.23. The lowest BCUT2D eigenvalue weighted by Gasteiger charge is -2.35. The van der Waals surface area contributed by atoms with Gasteiger partial charge in [0.15, 0.2) is 0 Å². The third-order valence-electron chi connectivity index (χ3n) is 3.09. The molecule has 136 valence electrons. The normalized spacial score (nSPS) is 13.4. The van der Waals surface area contributed by atoms with Crippen LogP contribution < -0.4 is 0 Å². The summed E-state index contributed by atoms with van der Waals surface area (Å²) in [4.78, 5) is 26.0. The molecule has 0 aromatic heterocycles. The molecule has 0 aromatic rings. The fourth-order valence-electron chi connectivity index (χ4n) is 2.65. The highest BCUT2D eigenvalue weighted by Crippen LogP contribution is 2.32. The van der Waals surface area contributed by atoms with Crippen molar-refractivity contribution in [1.29, 1.82) is 0 Å². The Kier molecular flexibility index (Phi) is 7.53. The van der Waals surface area contributed by atoms with Crippen LogP contribution in [0.3, 0.4) is 0 Å². The predicted octanol–water partition coefficient (Wildman–Crippen LogP) is 5.78. The predicted molar refractivity (Wildman–Crippen MR) is 97.5 cm³/mol. The summed E-state index contributed by atoms with van der Waals surface area (Å²) in [6.45, 7) is 19.2. The standard InChI is InChI=1S/C18H36O4Si/c1-13(2)11-23(12-14(3)4,15(19)21-17(5,6)7)16(20)22-18(8,9)10/h13-14H,11-12H2,1-10H3. The first kappa shape index (κ1) is 22.2. The van der Waals surface area contributed by atoms with Crippen molar-refractivity contribution in [2.75, 3.05) is 0 Å². The van der Waals surface area contributed by atoms with E-state index in [-0.39, 0.29) is 23.0 Å². The molecule has 0 amide bonds. The van der Waals surface area contributed by atoms with Gasteiger partial charge < -0.3 is 9.47 Å². The van der Waals surface area contributed by atoms with E-state index in [0.29, 0.717) is 12.1 Å². The Balaban J connectivity index is 5.85. The molecule has 0 atom stereocenters. The Hall–Kier alpha value is -0.843. The molecular weight excluding hydrogens is 308 g/mol. The van der Waals surface area contributed by atoms with Crippen LogP contribution in [0.1, 0.15) is 69.2 Å². The van der Waals surface area contributed by atoms with Crippen LogP contribution in [0.15, 0.2) is 0 Å². The van der Waals surface area contributed by atoms with Crippen LogP contribution in [0.2, 0.25) is 12.1 Å². The van der Waals surface area contributed by atoms with Gasteiger partial charge in [0.1, 0.15) is 11.2 Å². The maximum absolute atomic E-state index is 13.0. The van der Waals surface area contributed by atoms with Crippen LogP contribution in [-0.2, 0) is 9.47 Å². The molecule has 0 aromatic carbocycles. The number of carbonyl (C=O) groups excluding carboxylic acids is 2. The first-order valence-corrected chi connectivity index (χ1v) is 11.0. The van der Waals surface area contributed by atoms with E-state index < -0.39 is 19.3 Å². The van der Waals surface area contributed by atoms with Crippen LogP contribution >= 0.6 is 0 Å². The third kappa shape index (κ3) is 8.00. The Bertz CT molecular complexity index is 374. The Morgan fingerprint density at radius 2 is 1.00 bits per heavy atom. The summed E-state index contributed by atoms with van der Waals surface area (Å²) in [6.07, 6.45) is 0. The van der Waals surface area contributed by atoms with Crippen molar-refractivity contribution in [2.24, 2.45) is 11.8 Å². The Labute approximate surface area is 143 Å². The maximum atomic E-state index is 13.0. The summed E-state index contributed by atoms with van der Waals surface area (Å²) in [5.74, 6) is 0.473. The van der Waals surface area contributed by atoms with Gasteiger partial charge in [-0.05, 0) is 65.5 Å². The van der Waals surface area contributed by atoms with Crippen LogP contribution in [0.5, 0.6) is 0 Å². The molecule has 4 nitrogen and oxygen atoms in total. The van der Waals surface area contributed by atoms with E-state index in [0.717, 1.165) is 0 Å². The maximum Gasteiger partial charge on any atom is 0.312 e. The van der Waals surface area contributed by atoms with Gasteiger partial charge in [0.2, 0.25) is 0 Å². The molecule has 0 aliphatic heterocycles. The molecular formula is C18H36O4Si. The quantitative estimate of drug-likeness (QED) is 0.573. The first-order chi connectivity index (χ1) is 10.1. The van der Waals surface area contributed by atoms with E-state index in [1.807, 2.05) is 69.2 Å². The lowest BCUT2D eigenvalue weighted by Crippen LogP contribution is -2.57. The number of hydrogen-bond donors (Lipinski definition) is 0. The molecule has 23 heavy (non-hydrogen) atoms. The minimum Gasteiger partial charge on any atom is -0.464 e. The van der Waals surface area contributed by atoms with Crippen molar-refractivity contribution < 1.29 is 19.1 Å². The summed E-state index contributed by atoms with van der Waals surface area (Å²) < 4.78 is 11.3. The van der Waals surface area contributed by atoms with Crippen molar-refractivity contribution in [3.8, 4) is 0 Å². The van der Waals surface area contributed by atoms with Gasteiger partial charge in [-0.3, -0.25) is 9.59 Å². The molecule has 0 saturated heterocycles. The van der Waals surface area contributed by atoms with E-state index >= 15 is 0 Å². The number of carbonyl (C=O) groups is 2. The van der Waals surface area contributed by atoms with E-state index in [2.05, 4.69) is 0 Å². The molecule has 0 aliphatic carbocycles. The van der Waals surface area contributed by atoms with Gasteiger partial charge in [0.05, 0.1) is 0 Å². The summed E-state index contributed by atoms with van der Waals surface area (Å²) in [6, 6.07) is 1.13. The van der Waals surface area contributed by atoms with Crippen LogP contribution in [-0.4, -0.2) is 30.5 Å². The minimum atomic E-state index is -3.07. The average molecular weight is 345 g/mol. The second-order valence-corrected chi connectivity index (χ2v) is 13.1. The summed E-state index contributed by atoms with van der Waals surface area (Å²) >= 11 is 0. The molecule has 0 spiro atoms. The Morgan fingerprint density at radius 1 is 0.739 bits per heavy atom. The number of hydrogen-bond acceptors (Lipinski definition) is 4. The molecule has 0 bridgehead atoms.